The van der Waals surface area contributed by atoms with E-state index in [1.807, 2.05) is 54.6 Å². The minimum Gasteiger partial charge on any atom is -0.493 e. The molecule has 258 valence electrons. The normalized spacial score (nSPS) is 10.9. The van der Waals surface area contributed by atoms with Crippen molar-refractivity contribution >= 4 is 5.97 Å². The summed E-state index contributed by atoms with van der Waals surface area (Å²) >= 11 is 0. The SMILES string of the molecule is CCCCCCCCCCCCCCCCCCOc1cc(OCCCOc2ccc(OCc3ccccc3)cc2)cc(C(=O)O)c1. The van der Waals surface area contributed by atoms with Crippen molar-refractivity contribution in [1.29, 1.82) is 0 Å². The number of ether oxygens (including phenoxy) is 4. The highest BCUT2D eigenvalue weighted by molar-refractivity contribution is 5.88. The maximum atomic E-state index is 11.7. The van der Waals surface area contributed by atoms with Gasteiger partial charge in [-0.15, -0.1) is 0 Å². The van der Waals surface area contributed by atoms with Gasteiger partial charge in [0, 0.05) is 12.5 Å². The van der Waals surface area contributed by atoms with Gasteiger partial charge in [-0.25, -0.2) is 4.79 Å². The van der Waals surface area contributed by atoms with Crippen molar-refractivity contribution in [3.63, 3.8) is 0 Å². The Balaban J connectivity index is 1.21. The number of hydrogen-bond donors (Lipinski definition) is 1. The lowest BCUT2D eigenvalue weighted by Crippen LogP contribution is -2.06. The van der Waals surface area contributed by atoms with Crippen LogP contribution in [0.25, 0.3) is 0 Å². The second kappa shape index (κ2) is 24.5. The number of carboxylic acids is 1. The first-order chi connectivity index (χ1) is 23.1. The van der Waals surface area contributed by atoms with Crippen LogP contribution in [0.3, 0.4) is 0 Å². The fourth-order valence-electron chi connectivity index (χ4n) is 5.51. The van der Waals surface area contributed by atoms with E-state index in [0.717, 1.165) is 29.9 Å². The quantitative estimate of drug-likeness (QED) is 0.0791. The van der Waals surface area contributed by atoms with Gasteiger partial charge in [0.1, 0.15) is 29.6 Å². The van der Waals surface area contributed by atoms with E-state index in [1.165, 1.54) is 89.9 Å². The van der Waals surface area contributed by atoms with Gasteiger partial charge in [-0.05, 0) is 48.4 Å². The average molecular weight is 647 g/mol. The number of carbonyl (C=O) groups is 1. The molecule has 0 heterocycles. The van der Waals surface area contributed by atoms with Gasteiger partial charge in [0.15, 0.2) is 0 Å². The van der Waals surface area contributed by atoms with E-state index >= 15 is 0 Å². The Morgan fingerprint density at radius 3 is 1.40 bits per heavy atom. The van der Waals surface area contributed by atoms with Crippen molar-refractivity contribution in [3.8, 4) is 23.0 Å². The lowest BCUT2D eigenvalue weighted by atomic mass is 10.0. The standard InChI is InChI=1S/C41H58O6/c1-2-3-4-5-6-7-8-9-10-11-12-13-14-15-16-20-28-45-39-31-36(41(42)43)32-40(33-39)46-30-21-29-44-37-24-26-38(27-25-37)47-34-35-22-18-17-19-23-35/h17-19,22-27,31-33H,2-16,20-21,28-30,34H2,1H3,(H,42,43). The Labute approximate surface area is 283 Å². The molecule has 47 heavy (non-hydrogen) atoms. The van der Waals surface area contributed by atoms with E-state index in [1.54, 1.807) is 18.2 Å². The smallest absolute Gasteiger partial charge is 0.335 e. The van der Waals surface area contributed by atoms with Crippen molar-refractivity contribution in [2.75, 3.05) is 19.8 Å². The maximum absolute atomic E-state index is 11.7. The Bertz CT molecular complexity index is 1210. The monoisotopic (exact) mass is 646 g/mol. The molecule has 1 N–H and O–H groups in total. The molecule has 0 aliphatic heterocycles. The van der Waals surface area contributed by atoms with Crippen LogP contribution in [0.5, 0.6) is 23.0 Å². The molecule has 0 aromatic heterocycles. The number of aromatic carboxylic acids is 1. The topological polar surface area (TPSA) is 74.2 Å². The minimum absolute atomic E-state index is 0.162. The van der Waals surface area contributed by atoms with Crippen molar-refractivity contribution in [1.82, 2.24) is 0 Å². The predicted molar refractivity (Wildman–Crippen MR) is 191 cm³/mol. The Kier molecular flexibility index (Phi) is 19.7. The number of hydrogen-bond acceptors (Lipinski definition) is 5. The van der Waals surface area contributed by atoms with E-state index in [4.69, 9.17) is 18.9 Å². The molecule has 6 heteroatoms. The highest BCUT2D eigenvalue weighted by Gasteiger charge is 2.09. The number of unbranched alkanes of at least 4 members (excludes halogenated alkanes) is 15. The Hall–Kier alpha value is -3.67. The first-order valence-corrected chi connectivity index (χ1v) is 18.2. The lowest BCUT2D eigenvalue weighted by Gasteiger charge is -2.12. The molecule has 6 nitrogen and oxygen atoms in total. The minimum atomic E-state index is -0.998. The number of rotatable bonds is 28. The predicted octanol–water partition coefficient (Wildman–Crippen LogP) is 11.5. The van der Waals surface area contributed by atoms with E-state index in [9.17, 15) is 9.90 Å². The van der Waals surface area contributed by atoms with Crippen molar-refractivity contribution in [3.05, 3.63) is 83.9 Å². The average Bonchev–Trinajstić information content (AvgIpc) is 3.09. The zero-order valence-electron chi connectivity index (χ0n) is 28.8. The van der Waals surface area contributed by atoms with Gasteiger partial charge in [-0.1, -0.05) is 134 Å². The first-order valence-electron chi connectivity index (χ1n) is 18.2. The molecule has 0 spiro atoms. The van der Waals surface area contributed by atoms with Crippen LogP contribution < -0.4 is 18.9 Å². The molecular weight excluding hydrogens is 588 g/mol. The summed E-state index contributed by atoms with van der Waals surface area (Å²) in [6, 6.07) is 22.5. The second-order valence-electron chi connectivity index (χ2n) is 12.4. The van der Waals surface area contributed by atoms with Gasteiger partial charge in [0.25, 0.3) is 0 Å². The highest BCUT2D eigenvalue weighted by Crippen LogP contribution is 2.24. The highest BCUT2D eigenvalue weighted by atomic mass is 16.5. The van der Waals surface area contributed by atoms with E-state index in [-0.39, 0.29) is 5.56 Å². The van der Waals surface area contributed by atoms with Crippen molar-refractivity contribution < 1.29 is 28.8 Å². The summed E-state index contributed by atoms with van der Waals surface area (Å²) in [5.74, 6) is 1.58. The van der Waals surface area contributed by atoms with Crippen LogP contribution in [0.2, 0.25) is 0 Å². The molecule has 0 aliphatic carbocycles. The summed E-state index contributed by atoms with van der Waals surface area (Å²) in [7, 11) is 0. The first kappa shape index (κ1) is 37.8. The fraction of sp³-hybridized carbons (Fsp3) is 0.537. The summed E-state index contributed by atoms with van der Waals surface area (Å²) in [6.07, 6.45) is 21.9. The van der Waals surface area contributed by atoms with Gasteiger partial charge in [-0.2, -0.15) is 0 Å². The van der Waals surface area contributed by atoms with Crippen LogP contribution in [0, 0.1) is 0 Å². The summed E-state index contributed by atoms with van der Waals surface area (Å²) in [6.45, 7) is 4.25. The molecule has 0 amide bonds. The molecule has 0 aliphatic rings. The maximum Gasteiger partial charge on any atom is 0.335 e. The van der Waals surface area contributed by atoms with Gasteiger partial charge in [0.2, 0.25) is 0 Å². The molecular formula is C41H58O6. The largest absolute Gasteiger partial charge is 0.493 e. The second-order valence-corrected chi connectivity index (χ2v) is 12.4. The molecule has 0 fully saturated rings. The molecule has 0 saturated heterocycles. The zero-order chi connectivity index (χ0) is 33.2. The van der Waals surface area contributed by atoms with Crippen LogP contribution >= 0.6 is 0 Å². The number of carboxylic acid groups (broad SMARTS) is 1. The molecule has 0 saturated carbocycles. The van der Waals surface area contributed by atoms with Gasteiger partial charge >= 0.3 is 5.97 Å². The van der Waals surface area contributed by atoms with Crippen LogP contribution in [-0.2, 0) is 6.61 Å². The lowest BCUT2D eigenvalue weighted by molar-refractivity contribution is 0.0695. The summed E-state index contributed by atoms with van der Waals surface area (Å²) in [5, 5.41) is 9.56. The van der Waals surface area contributed by atoms with Crippen LogP contribution in [-0.4, -0.2) is 30.9 Å². The Morgan fingerprint density at radius 1 is 0.489 bits per heavy atom. The van der Waals surface area contributed by atoms with Gasteiger partial charge in [-0.3, -0.25) is 0 Å². The number of benzene rings is 3. The molecule has 3 aromatic rings. The van der Waals surface area contributed by atoms with E-state index in [2.05, 4.69) is 6.92 Å². The summed E-state index contributed by atoms with van der Waals surface area (Å²) in [4.78, 5) is 11.7. The summed E-state index contributed by atoms with van der Waals surface area (Å²) < 4.78 is 23.4. The van der Waals surface area contributed by atoms with E-state index < -0.39 is 5.97 Å². The molecule has 0 unspecified atom stereocenters. The Morgan fingerprint density at radius 2 is 0.915 bits per heavy atom. The molecule has 3 rings (SSSR count). The summed E-state index contributed by atoms with van der Waals surface area (Å²) in [5.41, 5.74) is 1.28. The molecule has 3 aromatic carbocycles. The fourth-order valence-corrected chi connectivity index (χ4v) is 5.51. The van der Waals surface area contributed by atoms with Crippen LogP contribution in [0.4, 0.5) is 0 Å². The van der Waals surface area contributed by atoms with Crippen molar-refractivity contribution in [2.45, 2.75) is 123 Å². The van der Waals surface area contributed by atoms with Crippen LogP contribution in [0.15, 0.2) is 72.8 Å². The molecule has 0 bridgehead atoms. The van der Waals surface area contributed by atoms with Crippen molar-refractivity contribution in [2.24, 2.45) is 0 Å². The third kappa shape index (κ3) is 17.7. The van der Waals surface area contributed by atoms with Crippen LogP contribution in [0.1, 0.15) is 132 Å². The molecule has 0 atom stereocenters. The van der Waals surface area contributed by atoms with E-state index in [0.29, 0.717) is 44.3 Å². The molecule has 0 radical (unpaired) electrons. The van der Waals surface area contributed by atoms with Gasteiger partial charge < -0.3 is 24.1 Å². The zero-order valence-corrected chi connectivity index (χ0v) is 28.8. The van der Waals surface area contributed by atoms with Gasteiger partial charge in [0.05, 0.1) is 25.4 Å². The third-order valence-corrected chi connectivity index (χ3v) is 8.29. The third-order valence-electron chi connectivity index (χ3n) is 8.29.